The van der Waals surface area contributed by atoms with Crippen LogP contribution in [-0.2, 0) is 4.79 Å². The average molecular weight is 303 g/mol. The predicted molar refractivity (Wildman–Crippen MR) is 82.8 cm³/mol. The van der Waals surface area contributed by atoms with Crippen LogP contribution in [0.1, 0.15) is 41.6 Å². The Hall–Kier alpha value is -2.14. The number of carbonyl (C=O) groups excluding carboxylic acids is 1. The van der Waals surface area contributed by atoms with Gasteiger partial charge in [0, 0.05) is 13.1 Å². The monoisotopic (exact) mass is 303 g/mol. The molecule has 1 amide bonds. The number of rotatable bonds is 4. The molecule has 2 rings (SSSR count). The molecule has 22 heavy (non-hydrogen) atoms. The number of aromatic carboxylic acids is 1. The van der Waals surface area contributed by atoms with Crippen molar-refractivity contribution in [3.05, 3.63) is 48.0 Å². The molecule has 1 aliphatic heterocycles. The number of likely N-dealkylation sites (tertiary alicyclic amines) is 1. The van der Waals surface area contributed by atoms with Crippen LogP contribution in [0.25, 0.3) is 0 Å². The Bertz CT molecular complexity index is 586. The van der Waals surface area contributed by atoms with Crippen LogP contribution in [0.15, 0.2) is 36.9 Å². The number of piperidine rings is 1. The van der Waals surface area contributed by atoms with Crippen LogP contribution in [0, 0.1) is 0 Å². The highest BCUT2D eigenvalue weighted by Gasteiger charge is 2.34. The van der Waals surface area contributed by atoms with Gasteiger partial charge in [0.15, 0.2) is 5.60 Å². The normalized spacial score (nSPS) is 18.5. The van der Waals surface area contributed by atoms with Crippen molar-refractivity contribution in [3.8, 4) is 0 Å². The van der Waals surface area contributed by atoms with Crippen molar-refractivity contribution >= 4 is 11.9 Å². The highest BCUT2D eigenvalue weighted by atomic mass is 16.4. The maximum absolute atomic E-state index is 12.2. The first-order valence-corrected chi connectivity index (χ1v) is 7.34. The van der Waals surface area contributed by atoms with Crippen molar-refractivity contribution in [2.75, 3.05) is 13.1 Å². The Morgan fingerprint density at radius 2 is 1.91 bits per heavy atom. The summed E-state index contributed by atoms with van der Waals surface area (Å²) in [5.41, 5.74) is -0.408. The maximum Gasteiger partial charge on any atom is 0.335 e. The number of aliphatic hydroxyl groups is 1. The highest BCUT2D eigenvalue weighted by Crippen LogP contribution is 2.31. The highest BCUT2D eigenvalue weighted by molar-refractivity contribution is 5.89. The molecule has 0 saturated carbocycles. The number of hydrogen-bond acceptors (Lipinski definition) is 3. The lowest BCUT2D eigenvalue weighted by atomic mass is 9.86. The molecule has 0 bridgehead atoms. The molecule has 1 aromatic carbocycles. The van der Waals surface area contributed by atoms with Crippen molar-refractivity contribution in [2.24, 2.45) is 0 Å². The molecule has 0 aliphatic carbocycles. The molecule has 5 nitrogen and oxygen atoms in total. The SMILES string of the molecule is C=CC(C)(O)C(=O)N1CCC(c2ccccc2C(=O)O)CC1. The minimum Gasteiger partial charge on any atom is -0.478 e. The van der Waals surface area contributed by atoms with Gasteiger partial charge in [0.05, 0.1) is 5.56 Å². The zero-order chi connectivity index (χ0) is 16.3. The maximum atomic E-state index is 12.2. The van der Waals surface area contributed by atoms with Gasteiger partial charge in [0.25, 0.3) is 5.91 Å². The molecule has 5 heteroatoms. The van der Waals surface area contributed by atoms with E-state index >= 15 is 0 Å². The number of hydrogen-bond donors (Lipinski definition) is 2. The molecule has 0 radical (unpaired) electrons. The smallest absolute Gasteiger partial charge is 0.335 e. The molecule has 1 aromatic rings. The van der Waals surface area contributed by atoms with Crippen molar-refractivity contribution in [1.29, 1.82) is 0 Å². The minimum atomic E-state index is -1.55. The van der Waals surface area contributed by atoms with Gasteiger partial charge in [-0.05, 0) is 37.3 Å². The van der Waals surface area contributed by atoms with E-state index in [2.05, 4.69) is 6.58 Å². The third kappa shape index (κ3) is 3.20. The molecule has 1 unspecified atom stereocenters. The van der Waals surface area contributed by atoms with E-state index in [4.69, 9.17) is 0 Å². The topological polar surface area (TPSA) is 77.8 Å². The van der Waals surface area contributed by atoms with Crippen LogP contribution >= 0.6 is 0 Å². The van der Waals surface area contributed by atoms with Gasteiger partial charge in [0.2, 0.25) is 0 Å². The first kappa shape index (κ1) is 16.2. The summed E-state index contributed by atoms with van der Waals surface area (Å²) in [6.07, 6.45) is 2.60. The van der Waals surface area contributed by atoms with Gasteiger partial charge in [-0.3, -0.25) is 4.79 Å². The van der Waals surface area contributed by atoms with Crippen molar-refractivity contribution in [3.63, 3.8) is 0 Å². The minimum absolute atomic E-state index is 0.116. The fourth-order valence-electron chi connectivity index (χ4n) is 2.85. The van der Waals surface area contributed by atoms with E-state index in [0.29, 0.717) is 31.5 Å². The lowest BCUT2D eigenvalue weighted by Gasteiger charge is -2.35. The van der Waals surface area contributed by atoms with Gasteiger partial charge in [-0.1, -0.05) is 30.9 Å². The van der Waals surface area contributed by atoms with Gasteiger partial charge < -0.3 is 15.1 Å². The number of nitrogens with zero attached hydrogens (tertiary/aromatic N) is 1. The van der Waals surface area contributed by atoms with Crippen LogP contribution in [0.3, 0.4) is 0 Å². The molecule has 118 valence electrons. The van der Waals surface area contributed by atoms with E-state index in [1.807, 2.05) is 12.1 Å². The van der Waals surface area contributed by atoms with Gasteiger partial charge >= 0.3 is 5.97 Å². The molecule has 0 spiro atoms. The number of carboxylic acids is 1. The van der Waals surface area contributed by atoms with Gasteiger partial charge in [-0.15, -0.1) is 0 Å². The summed E-state index contributed by atoms with van der Waals surface area (Å²) in [4.78, 5) is 25.1. The Morgan fingerprint density at radius 3 is 2.45 bits per heavy atom. The van der Waals surface area contributed by atoms with Crippen molar-refractivity contribution in [2.45, 2.75) is 31.3 Å². The summed E-state index contributed by atoms with van der Waals surface area (Å²) in [6, 6.07) is 7.00. The molecule has 1 aliphatic rings. The third-order valence-corrected chi connectivity index (χ3v) is 4.24. The van der Waals surface area contributed by atoms with Crippen molar-refractivity contribution < 1.29 is 19.8 Å². The molecule has 1 fully saturated rings. The van der Waals surface area contributed by atoms with Gasteiger partial charge in [0.1, 0.15) is 0 Å². The Balaban J connectivity index is 2.09. The average Bonchev–Trinajstić information content (AvgIpc) is 2.54. The van der Waals surface area contributed by atoms with E-state index in [9.17, 15) is 19.8 Å². The van der Waals surface area contributed by atoms with Gasteiger partial charge in [-0.2, -0.15) is 0 Å². The van der Waals surface area contributed by atoms with Crippen LogP contribution in [0.2, 0.25) is 0 Å². The summed E-state index contributed by atoms with van der Waals surface area (Å²) < 4.78 is 0. The quantitative estimate of drug-likeness (QED) is 0.834. The number of amides is 1. The fraction of sp³-hybridized carbons (Fsp3) is 0.412. The summed E-state index contributed by atoms with van der Waals surface area (Å²) in [7, 11) is 0. The summed E-state index contributed by atoms with van der Waals surface area (Å²) in [6.45, 7) is 5.91. The zero-order valence-corrected chi connectivity index (χ0v) is 12.7. The summed E-state index contributed by atoms with van der Waals surface area (Å²) in [5, 5.41) is 19.2. The lowest BCUT2D eigenvalue weighted by molar-refractivity contribution is -0.146. The largest absolute Gasteiger partial charge is 0.478 e. The first-order chi connectivity index (χ1) is 10.4. The van der Waals surface area contributed by atoms with E-state index in [-0.39, 0.29) is 11.8 Å². The molecule has 1 heterocycles. The van der Waals surface area contributed by atoms with E-state index in [0.717, 1.165) is 5.56 Å². The van der Waals surface area contributed by atoms with Crippen LogP contribution in [0.5, 0.6) is 0 Å². The van der Waals surface area contributed by atoms with Gasteiger partial charge in [-0.25, -0.2) is 4.79 Å². The van der Waals surface area contributed by atoms with E-state index in [1.165, 1.54) is 13.0 Å². The first-order valence-electron chi connectivity index (χ1n) is 7.34. The van der Waals surface area contributed by atoms with Crippen LogP contribution in [0.4, 0.5) is 0 Å². The fourth-order valence-corrected chi connectivity index (χ4v) is 2.85. The molecular weight excluding hydrogens is 282 g/mol. The second-order valence-electron chi connectivity index (χ2n) is 5.81. The molecule has 1 saturated heterocycles. The Labute approximate surface area is 129 Å². The molecule has 2 N–H and O–H groups in total. The third-order valence-electron chi connectivity index (χ3n) is 4.24. The van der Waals surface area contributed by atoms with Crippen molar-refractivity contribution in [1.82, 2.24) is 4.90 Å². The zero-order valence-electron chi connectivity index (χ0n) is 12.7. The summed E-state index contributed by atoms with van der Waals surface area (Å²) in [5.74, 6) is -1.17. The molecular formula is C17H21NO4. The standard InChI is InChI=1S/C17H21NO4/c1-3-17(2,22)16(21)18-10-8-12(9-11-18)13-6-4-5-7-14(13)15(19)20/h3-7,12,22H,1,8-11H2,2H3,(H,19,20). The second kappa shape index (κ2) is 6.32. The Kier molecular flexibility index (Phi) is 4.66. The summed E-state index contributed by atoms with van der Waals surface area (Å²) >= 11 is 0. The van der Waals surface area contributed by atoms with E-state index < -0.39 is 11.6 Å². The number of carboxylic acid groups (broad SMARTS) is 1. The lowest BCUT2D eigenvalue weighted by Crippen LogP contribution is -2.48. The van der Waals surface area contributed by atoms with Crippen LogP contribution in [-0.4, -0.2) is 45.7 Å². The second-order valence-corrected chi connectivity index (χ2v) is 5.81. The Morgan fingerprint density at radius 1 is 1.32 bits per heavy atom. The van der Waals surface area contributed by atoms with Crippen LogP contribution < -0.4 is 0 Å². The number of benzene rings is 1. The molecule has 1 atom stereocenters. The molecule has 0 aromatic heterocycles. The predicted octanol–water partition coefficient (Wildman–Crippen LogP) is 2.03. The number of carbonyl (C=O) groups is 2. The van der Waals surface area contributed by atoms with E-state index in [1.54, 1.807) is 17.0 Å².